The average Bonchev–Trinajstić information content (AvgIpc) is 2.74. The van der Waals surface area contributed by atoms with Gasteiger partial charge in [0.2, 0.25) is 5.91 Å². The number of amides is 2. The lowest BCUT2D eigenvalue weighted by molar-refractivity contribution is -0.303. The molecule has 0 aromatic carbocycles. The van der Waals surface area contributed by atoms with Crippen molar-refractivity contribution in [1.29, 1.82) is 0 Å². The predicted molar refractivity (Wildman–Crippen MR) is 105 cm³/mol. The average molecular weight is 450 g/mol. The number of ether oxygens (including phenoxy) is 3. The fraction of sp³-hybridized carbons (Fsp3) is 0.895. The Hall–Kier alpha value is -1.54. The first-order valence-electron chi connectivity index (χ1n) is 10.5. The van der Waals surface area contributed by atoms with Gasteiger partial charge in [0.1, 0.15) is 37.1 Å². The molecule has 0 aromatic heterocycles. The summed E-state index contributed by atoms with van der Waals surface area (Å²) in [6.07, 6.45) is -7.69. The van der Waals surface area contributed by atoms with Crippen molar-refractivity contribution < 1.29 is 49.3 Å². The van der Waals surface area contributed by atoms with E-state index in [2.05, 4.69) is 5.32 Å². The van der Waals surface area contributed by atoms with E-state index in [1.54, 1.807) is 4.90 Å². The number of hydrogen-bond acceptors (Lipinski definition) is 10. The molecule has 31 heavy (non-hydrogen) atoms. The SMILES string of the molecule is CC(=O)N[C@@H](CO[C@H]1OC(COC(=O)N2CCCCC2)[C@H](O)[C@H](O)C1O)[C@H](O)[C@@H](C)O. The maximum absolute atomic E-state index is 12.2. The Morgan fingerprint density at radius 1 is 1.10 bits per heavy atom. The topological polar surface area (TPSA) is 178 Å². The van der Waals surface area contributed by atoms with Crippen LogP contribution in [0, 0.1) is 0 Å². The molecule has 0 bridgehead atoms. The van der Waals surface area contributed by atoms with E-state index in [1.165, 1.54) is 13.8 Å². The first-order valence-corrected chi connectivity index (χ1v) is 10.5. The molecule has 2 fully saturated rings. The van der Waals surface area contributed by atoms with E-state index in [4.69, 9.17) is 14.2 Å². The molecule has 2 aliphatic rings. The molecular formula is C19H34N2O10. The summed E-state index contributed by atoms with van der Waals surface area (Å²) in [5, 5.41) is 52.5. The van der Waals surface area contributed by atoms with Gasteiger partial charge in [0, 0.05) is 20.0 Å². The predicted octanol–water partition coefficient (Wildman–Crippen LogP) is -2.32. The second-order valence-electron chi connectivity index (χ2n) is 8.01. The Bertz CT molecular complexity index is 586. The number of rotatable bonds is 8. The number of piperidine rings is 1. The van der Waals surface area contributed by atoms with Gasteiger partial charge in [-0.2, -0.15) is 0 Å². The molecule has 2 unspecified atom stereocenters. The second kappa shape index (κ2) is 11.9. The maximum Gasteiger partial charge on any atom is 0.409 e. The highest BCUT2D eigenvalue weighted by Gasteiger charge is 2.45. The lowest BCUT2D eigenvalue weighted by atomic mass is 9.99. The summed E-state index contributed by atoms with van der Waals surface area (Å²) < 4.78 is 16.1. The van der Waals surface area contributed by atoms with Crippen LogP contribution in [0.5, 0.6) is 0 Å². The Morgan fingerprint density at radius 2 is 1.74 bits per heavy atom. The minimum Gasteiger partial charge on any atom is -0.447 e. The molecule has 12 nitrogen and oxygen atoms in total. The molecule has 0 aliphatic carbocycles. The van der Waals surface area contributed by atoms with Gasteiger partial charge in [0.05, 0.1) is 18.8 Å². The summed E-state index contributed by atoms with van der Waals surface area (Å²) in [4.78, 5) is 25.1. The fourth-order valence-electron chi connectivity index (χ4n) is 3.53. The maximum atomic E-state index is 12.2. The lowest BCUT2D eigenvalue weighted by Gasteiger charge is -2.40. The molecule has 0 radical (unpaired) electrons. The van der Waals surface area contributed by atoms with E-state index >= 15 is 0 Å². The number of aliphatic hydroxyl groups excluding tert-OH is 5. The molecule has 2 rings (SSSR count). The Kier molecular flexibility index (Phi) is 9.88. The van der Waals surface area contributed by atoms with Crippen LogP contribution in [0.4, 0.5) is 4.79 Å². The van der Waals surface area contributed by atoms with E-state index in [9.17, 15) is 35.1 Å². The van der Waals surface area contributed by atoms with Gasteiger partial charge < -0.3 is 50.0 Å². The Balaban J connectivity index is 1.94. The van der Waals surface area contributed by atoms with Gasteiger partial charge in [-0.1, -0.05) is 0 Å². The molecule has 180 valence electrons. The second-order valence-corrected chi connectivity index (χ2v) is 8.01. The van der Waals surface area contributed by atoms with Crippen molar-refractivity contribution in [2.45, 2.75) is 82.1 Å². The zero-order chi connectivity index (χ0) is 23.1. The first-order chi connectivity index (χ1) is 14.6. The van der Waals surface area contributed by atoms with Crippen LogP contribution in [-0.4, -0.2) is 118 Å². The van der Waals surface area contributed by atoms with Crippen molar-refractivity contribution in [3.63, 3.8) is 0 Å². The van der Waals surface area contributed by atoms with Crippen molar-refractivity contribution in [3.8, 4) is 0 Å². The normalized spacial score (nSPS) is 32.1. The molecule has 8 atom stereocenters. The van der Waals surface area contributed by atoms with Gasteiger partial charge in [-0.3, -0.25) is 4.79 Å². The molecule has 2 aliphatic heterocycles. The molecule has 6 N–H and O–H groups in total. The van der Waals surface area contributed by atoms with Crippen LogP contribution >= 0.6 is 0 Å². The third-order valence-corrected chi connectivity index (χ3v) is 5.39. The van der Waals surface area contributed by atoms with E-state index < -0.39 is 61.0 Å². The van der Waals surface area contributed by atoms with Gasteiger partial charge in [0.15, 0.2) is 6.29 Å². The zero-order valence-corrected chi connectivity index (χ0v) is 17.8. The summed E-state index contributed by atoms with van der Waals surface area (Å²) >= 11 is 0. The van der Waals surface area contributed by atoms with Crippen LogP contribution in [0.3, 0.4) is 0 Å². The number of carbonyl (C=O) groups is 2. The first kappa shape index (κ1) is 25.7. The van der Waals surface area contributed by atoms with Gasteiger partial charge in [0.25, 0.3) is 0 Å². The van der Waals surface area contributed by atoms with E-state index in [0.29, 0.717) is 13.1 Å². The zero-order valence-electron chi connectivity index (χ0n) is 17.8. The highest BCUT2D eigenvalue weighted by molar-refractivity contribution is 5.73. The monoisotopic (exact) mass is 450 g/mol. The number of aliphatic hydroxyl groups is 5. The van der Waals surface area contributed by atoms with Crippen LogP contribution in [-0.2, 0) is 19.0 Å². The van der Waals surface area contributed by atoms with Crippen LogP contribution in [0.1, 0.15) is 33.1 Å². The van der Waals surface area contributed by atoms with Crippen molar-refractivity contribution in [1.82, 2.24) is 10.2 Å². The molecule has 2 saturated heterocycles. The molecule has 0 aromatic rings. The molecule has 2 heterocycles. The summed E-state index contributed by atoms with van der Waals surface area (Å²) in [6.45, 7) is 2.98. The number of carbonyl (C=O) groups excluding carboxylic acids is 2. The van der Waals surface area contributed by atoms with Crippen LogP contribution in [0.25, 0.3) is 0 Å². The molecular weight excluding hydrogens is 416 g/mol. The van der Waals surface area contributed by atoms with Crippen LogP contribution in [0.2, 0.25) is 0 Å². The van der Waals surface area contributed by atoms with E-state index in [-0.39, 0.29) is 13.2 Å². The van der Waals surface area contributed by atoms with Crippen LogP contribution < -0.4 is 5.32 Å². The molecule has 12 heteroatoms. The van der Waals surface area contributed by atoms with E-state index in [0.717, 1.165) is 19.3 Å². The summed E-state index contributed by atoms with van der Waals surface area (Å²) in [7, 11) is 0. The van der Waals surface area contributed by atoms with Crippen molar-refractivity contribution in [2.24, 2.45) is 0 Å². The standard InChI is InChI=1S/C19H34N2O10/c1-10(22)14(24)12(20-11(2)23)8-29-18-17(27)16(26)15(25)13(31-18)9-30-19(28)21-6-4-3-5-7-21/h10,12-18,22,24-27H,3-9H2,1-2H3,(H,20,23)/t10-,12+,13?,14-,15+,16+,17?,18+/m1/s1. The number of likely N-dealkylation sites (tertiary alicyclic amines) is 1. The van der Waals surface area contributed by atoms with Gasteiger partial charge in [-0.05, 0) is 26.2 Å². The summed E-state index contributed by atoms with van der Waals surface area (Å²) in [5.74, 6) is -0.476. The van der Waals surface area contributed by atoms with Gasteiger partial charge in [-0.15, -0.1) is 0 Å². The van der Waals surface area contributed by atoms with Crippen LogP contribution in [0.15, 0.2) is 0 Å². The third-order valence-electron chi connectivity index (χ3n) is 5.39. The third kappa shape index (κ3) is 7.24. The summed E-state index contributed by atoms with van der Waals surface area (Å²) in [5.41, 5.74) is 0. The minimum absolute atomic E-state index is 0.365. The Labute approximate surface area is 180 Å². The molecule has 0 saturated carbocycles. The van der Waals surface area contributed by atoms with Crippen molar-refractivity contribution in [3.05, 3.63) is 0 Å². The lowest BCUT2D eigenvalue weighted by Crippen LogP contribution is -2.60. The fourth-order valence-corrected chi connectivity index (χ4v) is 3.53. The highest BCUT2D eigenvalue weighted by Crippen LogP contribution is 2.23. The quantitative estimate of drug-likeness (QED) is 0.235. The van der Waals surface area contributed by atoms with Crippen molar-refractivity contribution in [2.75, 3.05) is 26.3 Å². The smallest absolute Gasteiger partial charge is 0.409 e. The number of nitrogens with one attached hydrogen (secondary N) is 1. The molecule has 0 spiro atoms. The minimum atomic E-state index is -1.64. The van der Waals surface area contributed by atoms with Gasteiger partial charge in [-0.25, -0.2) is 4.79 Å². The van der Waals surface area contributed by atoms with E-state index in [1.807, 2.05) is 0 Å². The highest BCUT2D eigenvalue weighted by atomic mass is 16.7. The van der Waals surface area contributed by atoms with Crippen molar-refractivity contribution >= 4 is 12.0 Å². The number of hydrogen-bond donors (Lipinski definition) is 6. The van der Waals surface area contributed by atoms with Gasteiger partial charge >= 0.3 is 6.09 Å². The largest absolute Gasteiger partial charge is 0.447 e. The molecule has 2 amide bonds. The Morgan fingerprint density at radius 3 is 2.32 bits per heavy atom. The number of nitrogens with zero attached hydrogens (tertiary/aromatic N) is 1. The summed E-state index contributed by atoms with van der Waals surface area (Å²) in [6, 6.07) is -1.02.